The Morgan fingerprint density at radius 2 is 1.06 bits per heavy atom. The van der Waals surface area contributed by atoms with Gasteiger partial charge in [-0.05, 0) is 51.4 Å². The predicted molar refractivity (Wildman–Crippen MR) is 66.4 cm³/mol. The lowest BCUT2D eigenvalue weighted by Gasteiger charge is -2.45. The summed E-state index contributed by atoms with van der Waals surface area (Å²) in [5, 5.41) is 0.420. The minimum absolute atomic E-state index is 0.0528. The Morgan fingerprint density at radius 1 is 0.688 bits per heavy atom. The van der Waals surface area contributed by atoms with E-state index in [0.717, 1.165) is 25.7 Å². The maximum Gasteiger partial charge on any atom is 0.353 e. The van der Waals surface area contributed by atoms with E-state index < -0.39 is 0 Å². The van der Waals surface area contributed by atoms with Crippen molar-refractivity contribution in [3.05, 3.63) is 0 Å². The number of ether oxygens (including phenoxy) is 2. The Kier molecular flexibility index (Phi) is 2.61. The van der Waals surface area contributed by atoms with E-state index in [2.05, 4.69) is 0 Å². The highest BCUT2D eigenvalue weighted by Crippen LogP contribution is 2.53. The summed E-state index contributed by atoms with van der Waals surface area (Å²) in [6.07, 6.45) is 12.4. The maximum absolute atomic E-state index is 5.99. The van der Waals surface area contributed by atoms with Gasteiger partial charge < -0.3 is 9.47 Å². The van der Waals surface area contributed by atoms with Gasteiger partial charge in [-0.2, -0.15) is 0 Å². The summed E-state index contributed by atoms with van der Waals surface area (Å²) in [5.74, 6) is 0. The molecule has 1 heterocycles. The largest absolute Gasteiger partial charge is 0.446 e. The highest BCUT2D eigenvalue weighted by atomic mass is 32.1. The molecular weight excluding hydrogens is 220 g/mol. The van der Waals surface area contributed by atoms with Gasteiger partial charge in [-0.1, -0.05) is 12.8 Å². The smallest absolute Gasteiger partial charge is 0.353 e. The standard InChI is InChI=1S/C13H20O2S/c16-11-14-12(7-3-1-4-8-12)13(15-11)9-5-2-6-10-13/h1-10H2. The molecule has 90 valence electrons. The van der Waals surface area contributed by atoms with E-state index in [1.165, 1.54) is 38.5 Å². The van der Waals surface area contributed by atoms with Gasteiger partial charge in [-0.3, -0.25) is 0 Å². The van der Waals surface area contributed by atoms with Gasteiger partial charge in [0, 0.05) is 12.2 Å². The molecule has 1 aliphatic heterocycles. The van der Waals surface area contributed by atoms with Gasteiger partial charge in [0.25, 0.3) is 0 Å². The molecule has 3 heteroatoms. The number of rotatable bonds is 0. The van der Waals surface area contributed by atoms with Crippen molar-refractivity contribution in [1.82, 2.24) is 0 Å². The molecular formula is C13H20O2S. The summed E-state index contributed by atoms with van der Waals surface area (Å²) < 4.78 is 12.0. The van der Waals surface area contributed by atoms with Crippen molar-refractivity contribution in [3.63, 3.8) is 0 Å². The summed E-state index contributed by atoms with van der Waals surface area (Å²) in [6.45, 7) is 0. The Labute approximate surface area is 103 Å². The highest BCUT2D eigenvalue weighted by Gasteiger charge is 2.61. The first-order chi connectivity index (χ1) is 7.77. The lowest BCUT2D eigenvalue weighted by Crippen LogP contribution is -2.53. The normalized spacial score (nSPS) is 31.4. The first kappa shape index (κ1) is 10.8. The second-order valence-electron chi connectivity index (χ2n) is 5.56. The zero-order valence-corrected chi connectivity index (χ0v) is 10.6. The monoisotopic (exact) mass is 240 g/mol. The molecule has 0 aromatic rings. The summed E-state index contributed by atoms with van der Waals surface area (Å²) in [4.78, 5) is 0. The van der Waals surface area contributed by atoms with Crippen LogP contribution in [0.3, 0.4) is 0 Å². The fraction of sp³-hybridized carbons (Fsp3) is 0.923. The molecule has 0 unspecified atom stereocenters. The minimum Gasteiger partial charge on any atom is -0.446 e. The van der Waals surface area contributed by atoms with Gasteiger partial charge in [0.15, 0.2) is 11.2 Å². The SMILES string of the molecule is S=C1OC2(CCCCC2)C2(CCCCC2)O1. The van der Waals surface area contributed by atoms with E-state index in [9.17, 15) is 0 Å². The topological polar surface area (TPSA) is 18.5 Å². The molecule has 3 fully saturated rings. The molecule has 0 radical (unpaired) electrons. The van der Waals surface area contributed by atoms with Crippen LogP contribution in [0.25, 0.3) is 0 Å². The van der Waals surface area contributed by atoms with Crippen molar-refractivity contribution in [2.75, 3.05) is 0 Å². The zero-order valence-electron chi connectivity index (χ0n) is 9.80. The van der Waals surface area contributed by atoms with Crippen LogP contribution in [0.2, 0.25) is 0 Å². The lowest BCUT2D eigenvalue weighted by atomic mass is 9.66. The van der Waals surface area contributed by atoms with E-state index >= 15 is 0 Å². The molecule has 0 amide bonds. The number of hydrogen-bond acceptors (Lipinski definition) is 3. The average Bonchev–Trinajstić information content (AvgIpc) is 2.53. The molecule has 2 aliphatic carbocycles. The molecule has 16 heavy (non-hydrogen) atoms. The zero-order chi connectivity index (χ0) is 11.1. The summed E-state index contributed by atoms with van der Waals surface area (Å²) in [7, 11) is 0. The van der Waals surface area contributed by atoms with E-state index in [4.69, 9.17) is 21.7 Å². The van der Waals surface area contributed by atoms with Crippen LogP contribution >= 0.6 is 12.2 Å². The Bertz CT molecular complexity index is 260. The predicted octanol–water partition coefficient (Wildman–Crippen LogP) is 3.72. The maximum atomic E-state index is 5.99. The third-order valence-corrected chi connectivity index (χ3v) is 4.88. The first-order valence-corrected chi connectivity index (χ1v) is 7.09. The number of fused-ring (bicyclic) bond motifs is 1. The summed E-state index contributed by atoms with van der Waals surface area (Å²) >= 11 is 5.18. The van der Waals surface area contributed by atoms with Gasteiger partial charge in [0.1, 0.15) is 0 Å². The average molecular weight is 240 g/mol. The van der Waals surface area contributed by atoms with Gasteiger partial charge in [-0.15, -0.1) is 0 Å². The van der Waals surface area contributed by atoms with Gasteiger partial charge in [0.05, 0.1) is 0 Å². The van der Waals surface area contributed by atoms with Crippen LogP contribution in [0.5, 0.6) is 0 Å². The van der Waals surface area contributed by atoms with Crippen molar-refractivity contribution < 1.29 is 9.47 Å². The molecule has 2 saturated carbocycles. The fourth-order valence-corrected chi connectivity index (χ4v) is 4.21. The van der Waals surface area contributed by atoms with Crippen molar-refractivity contribution in [3.8, 4) is 0 Å². The van der Waals surface area contributed by atoms with Gasteiger partial charge in [0.2, 0.25) is 0 Å². The summed E-state index contributed by atoms with van der Waals surface area (Å²) in [5.41, 5.74) is -0.106. The highest BCUT2D eigenvalue weighted by molar-refractivity contribution is 7.79. The second-order valence-corrected chi connectivity index (χ2v) is 5.90. The van der Waals surface area contributed by atoms with Crippen LogP contribution in [0.15, 0.2) is 0 Å². The van der Waals surface area contributed by atoms with E-state index in [0.29, 0.717) is 5.24 Å². The van der Waals surface area contributed by atoms with Crippen molar-refractivity contribution in [1.29, 1.82) is 0 Å². The van der Waals surface area contributed by atoms with Crippen LogP contribution in [0.4, 0.5) is 0 Å². The summed E-state index contributed by atoms with van der Waals surface area (Å²) in [6, 6.07) is 0. The molecule has 0 aromatic heterocycles. The van der Waals surface area contributed by atoms with Gasteiger partial charge >= 0.3 is 5.24 Å². The van der Waals surface area contributed by atoms with E-state index in [1.54, 1.807) is 0 Å². The molecule has 0 bridgehead atoms. The van der Waals surface area contributed by atoms with E-state index in [-0.39, 0.29) is 11.2 Å². The molecule has 1 saturated heterocycles. The Balaban J connectivity index is 1.91. The van der Waals surface area contributed by atoms with Gasteiger partial charge in [-0.25, -0.2) is 0 Å². The molecule has 3 aliphatic rings. The van der Waals surface area contributed by atoms with Crippen LogP contribution in [0, 0.1) is 0 Å². The molecule has 3 rings (SSSR count). The quantitative estimate of drug-likeness (QED) is 0.601. The van der Waals surface area contributed by atoms with Crippen LogP contribution in [-0.4, -0.2) is 16.4 Å². The fourth-order valence-electron chi connectivity index (χ4n) is 3.89. The second kappa shape index (κ2) is 3.86. The first-order valence-electron chi connectivity index (χ1n) is 6.68. The van der Waals surface area contributed by atoms with Crippen LogP contribution in [-0.2, 0) is 9.47 Å². The molecule has 0 N–H and O–H groups in total. The molecule has 2 spiro atoms. The Hall–Kier alpha value is -0.310. The van der Waals surface area contributed by atoms with Crippen LogP contribution in [0.1, 0.15) is 64.2 Å². The Morgan fingerprint density at radius 3 is 1.44 bits per heavy atom. The third-order valence-electron chi connectivity index (χ3n) is 4.71. The number of hydrogen-bond donors (Lipinski definition) is 0. The van der Waals surface area contributed by atoms with Crippen molar-refractivity contribution >= 4 is 17.5 Å². The molecule has 0 atom stereocenters. The van der Waals surface area contributed by atoms with Crippen molar-refractivity contribution in [2.24, 2.45) is 0 Å². The minimum atomic E-state index is -0.0528. The van der Waals surface area contributed by atoms with Crippen molar-refractivity contribution in [2.45, 2.75) is 75.4 Å². The number of thiocarbonyl (C=S) groups is 1. The third kappa shape index (κ3) is 1.47. The van der Waals surface area contributed by atoms with Crippen LogP contribution < -0.4 is 0 Å². The molecule has 2 nitrogen and oxygen atoms in total. The molecule has 0 aromatic carbocycles. The lowest BCUT2D eigenvalue weighted by molar-refractivity contribution is -0.0923. The van der Waals surface area contributed by atoms with E-state index in [1.807, 2.05) is 0 Å².